The number of imide groups is 3. The van der Waals surface area contributed by atoms with Gasteiger partial charge in [-0.1, -0.05) is 0 Å². The fourth-order valence-electron chi connectivity index (χ4n) is 1.89. The van der Waals surface area contributed by atoms with Gasteiger partial charge in [0.05, 0.1) is 0 Å². The number of carbonyl (C=O) groups excluding carboxylic acids is 4. The van der Waals surface area contributed by atoms with Gasteiger partial charge in [-0.3, -0.25) is 9.59 Å². The molecule has 0 spiro atoms. The van der Waals surface area contributed by atoms with Crippen LogP contribution in [0.15, 0.2) is 23.3 Å². The monoisotopic (exact) mass is 429 g/mol. The number of rotatable bonds is 6. The van der Waals surface area contributed by atoms with Gasteiger partial charge >= 0.3 is 23.2 Å². The fourth-order valence-corrected chi connectivity index (χ4v) is 3.41. The number of ether oxygens (including phenoxy) is 2. The molecule has 28 heavy (non-hydrogen) atoms. The molecule has 1 aromatic rings. The van der Waals surface area contributed by atoms with Crippen LogP contribution in [0.5, 0.6) is 0 Å². The van der Waals surface area contributed by atoms with Gasteiger partial charge in [0.15, 0.2) is 0 Å². The van der Waals surface area contributed by atoms with Crippen molar-refractivity contribution in [2.45, 2.75) is 32.3 Å². The highest BCUT2D eigenvalue weighted by molar-refractivity contribution is 8.18. The summed E-state index contributed by atoms with van der Waals surface area (Å²) in [5.41, 5.74) is 0. The standard InChI is InChI=1S/C17H13F2NO6S2/c1-3-4-7-17(18,19)14(22)25-9-12-13(21)20(16(24)28-12)15(23)26-8-11-6-5-10(2)27-11/h1,5-6,9H,4,7-8H2,2H3/b12-9-. The van der Waals surface area contributed by atoms with Gasteiger partial charge in [0.2, 0.25) is 0 Å². The molecular formula is C17H13F2NO6S2. The maximum absolute atomic E-state index is 13.5. The summed E-state index contributed by atoms with van der Waals surface area (Å²) in [6, 6.07) is 3.53. The first-order valence-corrected chi connectivity index (χ1v) is 9.30. The van der Waals surface area contributed by atoms with E-state index in [9.17, 15) is 28.0 Å². The molecule has 0 bridgehead atoms. The Morgan fingerprint density at radius 1 is 1.36 bits per heavy atom. The Hall–Kier alpha value is -2.71. The Morgan fingerprint density at radius 2 is 2.07 bits per heavy atom. The molecule has 1 saturated heterocycles. The smallest absolute Gasteiger partial charge is 0.424 e. The second-order valence-electron chi connectivity index (χ2n) is 5.37. The van der Waals surface area contributed by atoms with Crippen molar-refractivity contribution in [3.05, 3.63) is 33.1 Å². The highest BCUT2D eigenvalue weighted by Gasteiger charge is 2.43. The molecule has 148 valence electrons. The largest absolute Gasteiger partial charge is 0.443 e. The Kier molecular flexibility index (Phi) is 6.93. The SMILES string of the molecule is C#CCCC(F)(F)C(=O)O/C=C1\SC(=O)N(C(=O)OCc2ccc(C)s2)C1=O. The number of amides is 3. The summed E-state index contributed by atoms with van der Waals surface area (Å²) in [5.74, 6) is -4.94. The van der Waals surface area contributed by atoms with Gasteiger partial charge in [0.1, 0.15) is 17.8 Å². The first-order chi connectivity index (χ1) is 13.2. The number of alkyl halides is 2. The van der Waals surface area contributed by atoms with Crippen LogP contribution in [0.1, 0.15) is 22.6 Å². The second kappa shape index (κ2) is 8.99. The number of thioether (sulfide) groups is 1. The van der Waals surface area contributed by atoms with Crippen LogP contribution in [0, 0.1) is 19.3 Å². The van der Waals surface area contributed by atoms with E-state index in [0.29, 0.717) is 11.1 Å². The molecule has 0 unspecified atom stereocenters. The third-order valence-electron chi connectivity index (χ3n) is 3.27. The second-order valence-corrected chi connectivity index (χ2v) is 7.74. The van der Waals surface area contributed by atoms with E-state index < -0.39 is 40.5 Å². The molecule has 11 heteroatoms. The number of carbonyl (C=O) groups is 4. The Morgan fingerprint density at radius 3 is 2.68 bits per heavy atom. The van der Waals surface area contributed by atoms with Gasteiger partial charge in [0, 0.05) is 22.6 Å². The summed E-state index contributed by atoms with van der Waals surface area (Å²) >= 11 is 1.62. The molecule has 0 aromatic carbocycles. The predicted octanol–water partition coefficient (Wildman–Crippen LogP) is 3.82. The van der Waals surface area contributed by atoms with Crippen LogP contribution in [-0.4, -0.2) is 34.0 Å². The van der Waals surface area contributed by atoms with Crippen molar-refractivity contribution in [2.24, 2.45) is 0 Å². The molecule has 0 saturated carbocycles. The molecular weight excluding hydrogens is 416 g/mol. The zero-order valence-corrected chi connectivity index (χ0v) is 16.0. The summed E-state index contributed by atoms with van der Waals surface area (Å²) in [5, 5.41) is -1.00. The number of terminal acetylenes is 1. The van der Waals surface area contributed by atoms with E-state index in [1.807, 2.05) is 18.9 Å². The van der Waals surface area contributed by atoms with E-state index in [0.717, 1.165) is 4.88 Å². The Bertz CT molecular complexity index is 886. The number of thiophene rings is 1. The van der Waals surface area contributed by atoms with E-state index in [2.05, 4.69) is 4.74 Å². The fraction of sp³-hybridized carbons (Fsp3) is 0.294. The van der Waals surface area contributed by atoms with Gasteiger partial charge in [0.25, 0.3) is 5.91 Å². The Labute approximate surface area is 166 Å². The lowest BCUT2D eigenvalue weighted by Crippen LogP contribution is -2.35. The minimum absolute atomic E-state index is 0.144. The molecule has 1 aromatic heterocycles. The van der Waals surface area contributed by atoms with E-state index in [1.165, 1.54) is 11.3 Å². The van der Waals surface area contributed by atoms with E-state index in [4.69, 9.17) is 11.2 Å². The third kappa shape index (κ3) is 5.17. The molecule has 2 rings (SSSR count). The lowest BCUT2D eigenvalue weighted by Gasteiger charge is -2.12. The van der Waals surface area contributed by atoms with Crippen molar-refractivity contribution in [2.75, 3.05) is 0 Å². The summed E-state index contributed by atoms with van der Waals surface area (Å²) in [4.78, 5) is 48.7. The molecule has 2 heterocycles. The number of nitrogens with zero attached hydrogens (tertiary/aromatic N) is 1. The molecule has 0 radical (unpaired) electrons. The number of esters is 1. The van der Waals surface area contributed by atoms with Gasteiger partial charge in [-0.05, 0) is 30.8 Å². The van der Waals surface area contributed by atoms with E-state index in [-0.39, 0.29) is 29.7 Å². The van der Waals surface area contributed by atoms with Crippen molar-refractivity contribution >= 4 is 46.3 Å². The number of hydrogen-bond acceptors (Lipinski definition) is 8. The van der Waals surface area contributed by atoms with Crippen LogP contribution >= 0.6 is 23.1 Å². The lowest BCUT2D eigenvalue weighted by molar-refractivity contribution is -0.166. The molecule has 1 aliphatic rings. The Balaban J connectivity index is 1.98. The highest BCUT2D eigenvalue weighted by atomic mass is 32.2. The maximum atomic E-state index is 13.5. The average Bonchev–Trinajstić information content (AvgIpc) is 3.18. The summed E-state index contributed by atoms with van der Waals surface area (Å²) in [6.07, 6.45) is 2.78. The molecule has 1 aliphatic heterocycles. The van der Waals surface area contributed by atoms with Crippen molar-refractivity contribution in [3.8, 4) is 12.3 Å². The van der Waals surface area contributed by atoms with Gasteiger partial charge in [-0.15, -0.1) is 23.7 Å². The summed E-state index contributed by atoms with van der Waals surface area (Å²) in [6.45, 7) is 1.71. The van der Waals surface area contributed by atoms with Gasteiger partial charge in [-0.25, -0.2) is 9.59 Å². The van der Waals surface area contributed by atoms with Crippen molar-refractivity contribution in [1.82, 2.24) is 4.90 Å². The topological polar surface area (TPSA) is 90.0 Å². The molecule has 1 fully saturated rings. The van der Waals surface area contributed by atoms with Crippen molar-refractivity contribution in [1.29, 1.82) is 0 Å². The molecule has 0 N–H and O–H groups in total. The molecule has 0 aliphatic carbocycles. The van der Waals surface area contributed by atoms with Gasteiger partial charge < -0.3 is 9.47 Å². The maximum Gasteiger partial charge on any atom is 0.424 e. The van der Waals surface area contributed by atoms with Crippen LogP contribution in [0.3, 0.4) is 0 Å². The van der Waals surface area contributed by atoms with E-state index in [1.54, 1.807) is 6.07 Å². The van der Waals surface area contributed by atoms with Crippen LogP contribution in [0.25, 0.3) is 0 Å². The minimum atomic E-state index is -3.85. The zero-order valence-electron chi connectivity index (χ0n) is 14.4. The number of halogens is 2. The first-order valence-electron chi connectivity index (χ1n) is 7.66. The van der Waals surface area contributed by atoms with Crippen molar-refractivity contribution in [3.63, 3.8) is 0 Å². The highest BCUT2D eigenvalue weighted by Crippen LogP contribution is 2.32. The number of aryl methyl sites for hydroxylation is 1. The van der Waals surface area contributed by atoms with Crippen LogP contribution < -0.4 is 0 Å². The summed E-state index contributed by atoms with van der Waals surface area (Å²) < 4.78 is 36.1. The lowest BCUT2D eigenvalue weighted by atomic mass is 10.2. The molecule has 7 nitrogen and oxygen atoms in total. The van der Waals surface area contributed by atoms with E-state index >= 15 is 0 Å². The van der Waals surface area contributed by atoms with Crippen molar-refractivity contribution < 1.29 is 37.4 Å². The first kappa shape index (κ1) is 21.6. The third-order valence-corrected chi connectivity index (χ3v) is 5.09. The van der Waals surface area contributed by atoms with Crippen LogP contribution in [0.2, 0.25) is 0 Å². The average molecular weight is 429 g/mol. The minimum Gasteiger partial charge on any atom is -0.443 e. The van der Waals surface area contributed by atoms with Crippen LogP contribution in [0.4, 0.5) is 18.4 Å². The molecule has 0 atom stereocenters. The number of hydrogen-bond donors (Lipinski definition) is 0. The quantitative estimate of drug-likeness (QED) is 0.294. The zero-order chi connectivity index (χ0) is 20.9. The molecule has 3 amide bonds. The van der Waals surface area contributed by atoms with Crippen LogP contribution in [-0.2, 0) is 25.7 Å². The van der Waals surface area contributed by atoms with Gasteiger partial charge in [-0.2, -0.15) is 13.7 Å². The summed E-state index contributed by atoms with van der Waals surface area (Å²) in [7, 11) is 0. The predicted molar refractivity (Wildman–Crippen MR) is 96.3 cm³/mol. The normalized spacial score (nSPS) is 15.6.